The lowest BCUT2D eigenvalue weighted by atomic mass is 9.77. The highest BCUT2D eigenvalue weighted by molar-refractivity contribution is 5.73. The van der Waals surface area contributed by atoms with Gasteiger partial charge in [0.15, 0.2) is 12.6 Å². The number of carbonyl (C=O) groups is 1. The SMILES string of the molecule is CC[C@H]1OC(=O)[C@H](C)[C@@H](O[C@H]2C[C@@](C)(OC)[C@@H](O)[C@H](C)O2)[C@H](C)[C@@H](O[C@@H]2O[C@H](C)CC(N(C)CC(O)CNCCCO)[C@H]2O)[C@](C)(O)C[C@@H](C)CN(C)[C@H](C)[C@@H](O)[C@]1(C)O. The number of carbonyl (C=O) groups excluding carboxylic acids is 1. The first-order chi connectivity index (χ1) is 27.8. The van der Waals surface area contributed by atoms with Crippen molar-refractivity contribution in [2.45, 2.75) is 198 Å². The lowest BCUT2D eigenvalue weighted by molar-refractivity contribution is -0.318. The van der Waals surface area contributed by atoms with Gasteiger partial charge in [-0.3, -0.25) is 9.69 Å². The highest BCUT2D eigenvalue weighted by Gasteiger charge is 2.53. The Kier molecular flexibility index (Phi) is 20.1. The Morgan fingerprint density at radius 3 is 2.25 bits per heavy atom. The average Bonchev–Trinajstić information content (AvgIpc) is 3.17. The fourth-order valence-corrected chi connectivity index (χ4v) is 9.67. The van der Waals surface area contributed by atoms with Crippen LogP contribution in [0.4, 0.5) is 0 Å². The normalized spacial score (nSPS) is 45.1. The maximum absolute atomic E-state index is 14.3. The standard InChI is InChI=1S/C43H83N3O14/c1-14-32-43(10,54)36(50)28(6)45(11)22-24(2)19-41(8,53)38(60-40-34(49)31(18-25(3)56-40)46(12)23-30(48)21-44-16-15-17-47)26(4)35(27(5)39(52)58-32)59-33-20-42(9,55-13)37(51)29(7)57-33/h24-38,40,44,47-51,53-54H,14-23H2,1-13H3/t24-,25-,26+,27-,28-,29+,30?,31?,32-,33+,34-,35+,36-,37+,38-,40+,41-,42-,43-/m1/s1. The third-order valence-electron chi connectivity index (χ3n) is 13.5. The quantitative estimate of drug-likeness (QED) is 0.0883. The molecular weight excluding hydrogens is 782 g/mol. The van der Waals surface area contributed by atoms with Gasteiger partial charge >= 0.3 is 5.97 Å². The molecule has 0 aromatic rings. The van der Waals surface area contributed by atoms with E-state index in [0.717, 1.165) is 0 Å². The van der Waals surface area contributed by atoms with Gasteiger partial charge in [0.25, 0.3) is 0 Å². The number of esters is 1. The van der Waals surface area contributed by atoms with Gasteiger partial charge in [-0.15, -0.1) is 0 Å². The molecule has 19 atom stereocenters. The van der Waals surface area contributed by atoms with Gasteiger partial charge in [-0.1, -0.05) is 20.8 Å². The number of likely N-dealkylation sites (N-methyl/N-ethyl adjacent to an activating group) is 2. The van der Waals surface area contributed by atoms with Crippen LogP contribution in [0.2, 0.25) is 0 Å². The Balaban J connectivity index is 2.11. The van der Waals surface area contributed by atoms with Crippen molar-refractivity contribution in [3.8, 4) is 0 Å². The first kappa shape index (κ1) is 53.2. The molecule has 0 radical (unpaired) electrons. The predicted molar refractivity (Wildman–Crippen MR) is 224 cm³/mol. The van der Waals surface area contributed by atoms with Gasteiger partial charge in [0.05, 0.1) is 47.6 Å². The zero-order chi connectivity index (χ0) is 45.5. The summed E-state index contributed by atoms with van der Waals surface area (Å²) < 4.78 is 37.9. The summed E-state index contributed by atoms with van der Waals surface area (Å²) in [6, 6.07) is -1.07. The van der Waals surface area contributed by atoms with Gasteiger partial charge < -0.3 is 74.4 Å². The Morgan fingerprint density at radius 2 is 1.65 bits per heavy atom. The topological polar surface area (TPSA) is 233 Å². The van der Waals surface area contributed by atoms with Gasteiger partial charge in [0.2, 0.25) is 0 Å². The van der Waals surface area contributed by atoms with Crippen molar-refractivity contribution in [3.05, 3.63) is 0 Å². The van der Waals surface area contributed by atoms with Gasteiger partial charge in [-0.05, 0) is 101 Å². The largest absolute Gasteiger partial charge is 0.459 e. The van der Waals surface area contributed by atoms with Crippen LogP contribution in [0.5, 0.6) is 0 Å². The van der Waals surface area contributed by atoms with E-state index in [1.807, 2.05) is 37.7 Å². The van der Waals surface area contributed by atoms with Gasteiger partial charge in [0.1, 0.15) is 30.0 Å². The number of hydrogen-bond donors (Lipinski definition) is 8. The number of ether oxygens (including phenoxy) is 6. The molecule has 0 aromatic carbocycles. The van der Waals surface area contributed by atoms with Crippen molar-refractivity contribution in [1.82, 2.24) is 15.1 Å². The average molecular weight is 866 g/mol. The van der Waals surface area contributed by atoms with Crippen LogP contribution >= 0.6 is 0 Å². The Hall–Kier alpha value is -1.13. The van der Waals surface area contributed by atoms with Crippen LogP contribution in [-0.2, 0) is 33.2 Å². The van der Waals surface area contributed by atoms with E-state index in [2.05, 4.69) is 5.32 Å². The summed E-state index contributed by atoms with van der Waals surface area (Å²) in [6.45, 7) is 18.9. The fourth-order valence-electron chi connectivity index (χ4n) is 9.67. The summed E-state index contributed by atoms with van der Waals surface area (Å²) >= 11 is 0. The molecule has 60 heavy (non-hydrogen) atoms. The minimum absolute atomic E-state index is 0.0473. The van der Waals surface area contributed by atoms with Gasteiger partial charge in [0, 0.05) is 57.8 Å². The van der Waals surface area contributed by atoms with E-state index in [9.17, 15) is 35.4 Å². The molecule has 3 fully saturated rings. The maximum Gasteiger partial charge on any atom is 0.311 e. The lowest BCUT2D eigenvalue weighted by Crippen LogP contribution is -2.61. The minimum Gasteiger partial charge on any atom is -0.459 e. The molecule has 8 N–H and O–H groups in total. The summed E-state index contributed by atoms with van der Waals surface area (Å²) in [5, 5.41) is 82.0. The molecule has 3 aliphatic rings. The van der Waals surface area contributed by atoms with Crippen LogP contribution in [0.25, 0.3) is 0 Å². The molecule has 0 spiro atoms. The number of hydrogen-bond acceptors (Lipinski definition) is 17. The Bertz CT molecular complexity index is 1300. The van der Waals surface area contributed by atoms with Crippen LogP contribution in [0.15, 0.2) is 0 Å². The number of nitrogens with one attached hydrogen (secondary N) is 1. The molecule has 0 amide bonds. The molecule has 354 valence electrons. The molecular formula is C43H83N3O14. The summed E-state index contributed by atoms with van der Waals surface area (Å²) in [4.78, 5) is 18.1. The summed E-state index contributed by atoms with van der Waals surface area (Å²) in [7, 11) is 5.13. The van der Waals surface area contributed by atoms with Crippen molar-refractivity contribution in [2.24, 2.45) is 17.8 Å². The molecule has 0 aromatic heterocycles. The molecule has 3 heterocycles. The first-order valence-corrected chi connectivity index (χ1v) is 22.1. The minimum atomic E-state index is -1.83. The van der Waals surface area contributed by atoms with E-state index in [1.165, 1.54) is 14.0 Å². The van der Waals surface area contributed by atoms with Crippen molar-refractivity contribution in [3.63, 3.8) is 0 Å². The van der Waals surface area contributed by atoms with Gasteiger partial charge in [-0.2, -0.15) is 0 Å². The highest BCUT2D eigenvalue weighted by Crippen LogP contribution is 2.40. The zero-order valence-corrected chi connectivity index (χ0v) is 38.7. The molecule has 3 saturated heterocycles. The van der Waals surface area contributed by atoms with E-state index < -0.39 is 108 Å². The number of cyclic esters (lactones) is 1. The zero-order valence-electron chi connectivity index (χ0n) is 38.7. The monoisotopic (exact) mass is 866 g/mol. The van der Waals surface area contributed by atoms with Gasteiger partial charge in [-0.25, -0.2) is 0 Å². The summed E-state index contributed by atoms with van der Waals surface area (Å²) in [6.07, 6.45) is -9.42. The smallest absolute Gasteiger partial charge is 0.311 e. The molecule has 0 bridgehead atoms. The van der Waals surface area contributed by atoms with Crippen LogP contribution < -0.4 is 5.32 Å². The van der Waals surface area contributed by atoms with E-state index in [-0.39, 0.29) is 44.4 Å². The molecule has 3 aliphatic heterocycles. The molecule has 0 saturated carbocycles. The van der Waals surface area contributed by atoms with Crippen molar-refractivity contribution >= 4 is 5.97 Å². The second-order valence-corrected chi connectivity index (χ2v) is 19.1. The number of aliphatic hydroxyl groups is 7. The number of nitrogens with zero attached hydrogens (tertiary/aromatic N) is 2. The van der Waals surface area contributed by atoms with Crippen LogP contribution in [-0.4, -0.2) is 202 Å². The van der Waals surface area contributed by atoms with E-state index in [0.29, 0.717) is 32.5 Å². The van der Waals surface area contributed by atoms with Crippen molar-refractivity contribution in [1.29, 1.82) is 0 Å². The van der Waals surface area contributed by atoms with Crippen LogP contribution in [0.1, 0.15) is 101 Å². The Labute approximate surface area is 359 Å². The van der Waals surface area contributed by atoms with Crippen molar-refractivity contribution < 1.29 is 69.0 Å². The van der Waals surface area contributed by atoms with Crippen molar-refractivity contribution in [2.75, 3.05) is 54.0 Å². The molecule has 17 heteroatoms. The van der Waals surface area contributed by atoms with E-state index in [1.54, 1.807) is 48.5 Å². The van der Waals surface area contributed by atoms with E-state index in [4.69, 9.17) is 33.5 Å². The second kappa shape index (κ2) is 22.7. The molecule has 3 rings (SSSR count). The second-order valence-electron chi connectivity index (χ2n) is 19.1. The number of rotatable bonds is 14. The van der Waals surface area contributed by atoms with Crippen LogP contribution in [0, 0.1) is 17.8 Å². The Morgan fingerprint density at radius 1 is 1.00 bits per heavy atom. The summed E-state index contributed by atoms with van der Waals surface area (Å²) in [5.74, 6) is -2.80. The predicted octanol–water partition coefficient (Wildman–Crippen LogP) is 0.604. The molecule has 17 nitrogen and oxygen atoms in total. The third-order valence-corrected chi connectivity index (χ3v) is 13.5. The van der Waals surface area contributed by atoms with E-state index >= 15 is 0 Å². The third kappa shape index (κ3) is 13.2. The summed E-state index contributed by atoms with van der Waals surface area (Å²) in [5.41, 5.74) is -4.53. The fraction of sp³-hybridized carbons (Fsp3) is 0.977. The molecule has 0 aliphatic carbocycles. The number of methoxy groups -OCH3 is 1. The molecule has 2 unspecified atom stereocenters. The first-order valence-electron chi connectivity index (χ1n) is 22.1. The maximum atomic E-state index is 14.3. The highest BCUT2D eigenvalue weighted by atomic mass is 16.7. The van der Waals surface area contributed by atoms with Crippen LogP contribution in [0.3, 0.4) is 0 Å². The number of aliphatic hydroxyl groups excluding tert-OH is 5. The lowest BCUT2D eigenvalue weighted by Gasteiger charge is -2.49.